The van der Waals surface area contributed by atoms with Crippen LogP contribution >= 0.6 is 0 Å². The van der Waals surface area contributed by atoms with Crippen LogP contribution in [0.3, 0.4) is 0 Å². The second-order valence-electron chi connectivity index (χ2n) is 4.51. The van der Waals surface area contributed by atoms with E-state index >= 15 is 0 Å². The molecule has 1 aromatic heterocycles. The predicted molar refractivity (Wildman–Crippen MR) is 79.0 cm³/mol. The van der Waals surface area contributed by atoms with Crippen molar-refractivity contribution in [2.45, 2.75) is 5.75 Å². The number of hydrogen-bond donors (Lipinski definition) is 1. The Morgan fingerprint density at radius 1 is 1.10 bits per heavy atom. The van der Waals surface area contributed by atoms with Crippen molar-refractivity contribution in [1.29, 1.82) is 0 Å². The largest absolute Gasteiger partial charge is 0.347 e. The zero-order chi connectivity index (χ0) is 14.6. The first-order valence-corrected chi connectivity index (χ1v) is 7.65. The molecule has 7 heteroatoms. The van der Waals surface area contributed by atoms with E-state index in [2.05, 4.69) is 14.7 Å². The summed E-state index contributed by atoms with van der Waals surface area (Å²) in [5.41, 5.74) is 1.08. The van der Waals surface area contributed by atoms with Crippen LogP contribution in [-0.4, -0.2) is 32.5 Å². The van der Waals surface area contributed by atoms with Crippen LogP contribution in [0.4, 0.5) is 11.6 Å². The maximum atomic E-state index is 12.0. The third-order valence-electron chi connectivity index (χ3n) is 2.51. The second-order valence-corrected chi connectivity index (χ2v) is 6.24. The molecule has 0 amide bonds. The first-order valence-electron chi connectivity index (χ1n) is 6.00. The van der Waals surface area contributed by atoms with Gasteiger partial charge in [0.1, 0.15) is 0 Å². The Bertz CT molecular complexity index is 655. The average Bonchev–Trinajstić information content (AvgIpc) is 2.39. The fourth-order valence-electron chi connectivity index (χ4n) is 1.61. The van der Waals surface area contributed by atoms with Crippen LogP contribution in [0.5, 0.6) is 0 Å². The maximum Gasteiger partial charge on any atom is 0.237 e. The number of hydrogen-bond acceptors (Lipinski definition) is 5. The van der Waals surface area contributed by atoms with Crippen LogP contribution in [0, 0.1) is 0 Å². The zero-order valence-corrected chi connectivity index (χ0v) is 12.1. The lowest BCUT2D eigenvalue weighted by atomic mass is 10.2. The highest BCUT2D eigenvalue weighted by Gasteiger charge is 2.12. The molecule has 2 aromatic rings. The van der Waals surface area contributed by atoms with Gasteiger partial charge in [0.15, 0.2) is 0 Å². The van der Waals surface area contributed by atoms with Crippen LogP contribution in [0.25, 0.3) is 0 Å². The first kappa shape index (κ1) is 14.3. The highest BCUT2D eigenvalue weighted by atomic mass is 32.2. The Labute approximate surface area is 118 Å². The van der Waals surface area contributed by atoms with Crippen LogP contribution in [0.2, 0.25) is 0 Å². The van der Waals surface area contributed by atoms with Gasteiger partial charge in [0, 0.05) is 14.1 Å². The lowest BCUT2D eigenvalue weighted by Crippen LogP contribution is -2.16. The van der Waals surface area contributed by atoms with Gasteiger partial charge >= 0.3 is 0 Å². The Kier molecular flexibility index (Phi) is 4.19. The molecule has 0 bridgehead atoms. The third-order valence-corrected chi connectivity index (χ3v) is 3.77. The third kappa shape index (κ3) is 3.92. The molecule has 0 unspecified atom stereocenters. The van der Waals surface area contributed by atoms with E-state index in [0.29, 0.717) is 11.6 Å². The smallest absolute Gasteiger partial charge is 0.237 e. The Hall–Kier alpha value is -2.15. The molecular weight excluding hydrogens is 276 g/mol. The summed E-state index contributed by atoms with van der Waals surface area (Å²) >= 11 is 0. The first-order chi connectivity index (χ1) is 9.46. The molecule has 2 rings (SSSR count). The van der Waals surface area contributed by atoms with E-state index in [0.717, 1.165) is 5.56 Å². The molecule has 1 N–H and O–H groups in total. The zero-order valence-electron chi connectivity index (χ0n) is 11.3. The van der Waals surface area contributed by atoms with Crippen LogP contribution in [0.1, 0.15) is 5.56 Å². The minimum atomic E-state index is -3.46. The van der Waals surface area contributed by atoms with Gasteiger partial charge in [0.2, 0.25) is 16.0 Å². The van der Waals surface area contributed by atoms with E-state index in [-0.39, 0.29) is 5.75 Å². The lowest BCUT2D eigenvalue weighted by molar-refractivity contribution is 0.600. The van der Waals surface area contributed by atoms with Crippen molar-refractivity contribution in [2.24, 2.45) is 0 Å². The molecule has 0 radical (unpaired) electrons. The van der Waals surface area contributed by atoms with E-state index in [4.69, 9.17) is 0 Å². The summed E-state index contributed by atoms with van der Waals surface area (Å²) in [5.74, 6) is 0.444. The van der Waals surface area contributed by atoms with Gasteiger partial charge in [-0.25, -0.2) is 18.4 Å². The van der Waals surface area contributed by atoms with Gasteiger partial charge in [-0.2, -0.15) is 0 Å². The normalized spacial score (nSPS) is 11.1. The van der Waals surface area contributed by atoms with E-state index in [1.807, 2.05) is 20.2 Å². The summed E-state index contributed by atoms with van der Waals surface area (Å²) in [5, 5.41) is 0. The molecule has 0 atom stereocenters. The average molecular weight is 292 g/mol. The summed E-state index contributed by atoms with van der Waals surface area (Å²) in [6, 6.07) is 8.99. The van der Waals surface area contributed by atoms with Crippen LogP contribution in [-0.2, 0) is 15.8 Å². The molecule has 0 aliphatic rings. The molecule has 0 aliphatic heterocycles. The fourth-order valence-corrected chi connectivity index (χ4v) is 2.78. The van der Waals surface area contributed by atoms with Crippen molar-refractivity contribution in [3.8, 4) is 0 Å². The summed E-state index contributed by atoms with van der Waals surface area (Å²) < 4.78 is 26.5. The van der Waals surface area contributed by atoms with Crippen molar-refractivity contribution < 1.29 is 8.42 Å². The molecule has 6 nitrogen and oxygen atoms in total. The van der Waals surface area contributed by atoms with Crippen molar-refractivity contribution in [3.63, 3.8) is 0 Å². The maximum absolute atomic E-state index is 12.0. The summed E-state index contributed by atoms with van der Waals surface area (Å²) in [7, 11) is 0.164. The number of nitrogens with zero attached hydrogens (tertiary/aromatic N) is 3. The number of benzene rings is 1. The molecule has 20 heavy (non-hydrogen) atoms. The highest BCUT2D eigenvalue weighted by molar-refractivity contribution is 7.91. The molecule has 0 aliphatic carbocycles. The predicted octanol–water partition coefficient (Wildman–Crippen LogP) is 1.48. The summed E-state index contributed by atoms with van der Waals surface area (Å²) in [6.45, 7) is 0. The Balaban J connectivity index is 2.08. The van der Waals surface area contributed by atoms with E-state index in [1.54, 1.807) is 29.2 Å². The molecule has 0 saturated carbocycles. The topological polar surface area (TPSA) is 75.2 Å². The highest BCUT2D eigenvalue weighted by Crippen LogP contribution is 2.12. The van der Waals surface area contributed by atoms with E-state index in [1.165, 1.54) is 12.4 Å². The fraction of sp³-hybridized carbons (Fsp3) is 0.231. The van der Waals surface area contributed by atoms with Crippen LogP contribution in [0.15, 0.2) is 42.7 Å². The number of anilines is 2. The van der Waals surface area contributed by atoms with Gasteiger partial charge < -0.3 is 4.90 Å². The molecular formula is C13H16N4O2S. The van der Waals surface area contributed by atoms with Crippen molar-refractivity contribution in [2.75, 3.05) is 23.7 Å². The van der Waals surface area contributed by atoms with Gasteiger partial charge in [-0.05, 0) is 5.56 Å². The van der Waals surface area contributed by atoms with Gasteiger partial charge in [0.05, 0.1) is 23.8 Å². The van der Waals surface area contributed by atoms with Crippen LogP contribution < -0.4 is 9.62 Å². The van der Waals surface area contributed by atoms with Gasteiger partial charge in [-0.15, -0.1) is 0 Å². The van der Waals surface area contributed by atoms with Gasteiger partial charge in [-0.3, -0.25) is 4.72 Å². The summed E-state index contributed by atoms with van der Waals surface area (Å²) in [4.78, 5) is 9.85. The Morgan fingerprint density at radius 3 is 2.25 bits per heavy atom. The molecule has 1 aromatic carbocycles. The standard InChI is InChI=1S/C13H16N4O2S/c1-17(2)13-14-8-12(9-15-13)16-20(18,19)10-11-6-4-3-5-7-11/h3-9,16H,10H2,1-2H3. The molecule has 0 saturated heterocycles. The van der Waals surface area contributed by atoms with Gasteiger partial charge in [-0.1, -0.05) is 30.3 Å². The van der Waals surface area contributed by atoms with Gasteiger partial charge in [0.25, 0.3) is 0 Å². The number of nitrogens with one attached hydrogen (secondary N) is 1. The second kappa shape index (κ2) is 5.87. The number of aromatic nitrogens is 2. The summed E-state index contributed by atoms with van der Waals surface area (Å²) in [6.07, 6.45) is 2.90. The number of sulfonamides is 1. The molecule has 106 valence electrons. The minimum Gasteiger partial charge on any atom is -0.347 e. The van der Waals surface area contributed by atoms with Crippen molar-refractivity contribution in [3.05, 3.63) is 48.3 Å². The molecule has 0 spiro atoms. The monoisotopic (exact) mass is 292 g/mol. The number of rotatable bonds is 5. The van der Waals surface area contributed by atoms with Crippen molar-refractivity contribution >= 4 is 21.7 Å². The lowest BCUT2D eigenvalue weighted by Gasteiger charge is -2.11. The molecule has 0 fully saturated rings. The van der Waals surface area contributed by atoms with E-state index in [9.17, 15) is 8.42 Å². The Morgan fingerprint density at radius 2 is 1.70 bits per heavy atom. The minimum absolute atomic E-state index is 0.0801. The van der Waals surface area contributed by atoms with E-state index < -0.39 is 10.0 Å². The molecule has 1 heterocycles. The van der Waals surface area contributed by atoms with Crippen molar-refractivity contribution in [1.82, 2.24) is 9.97 Å². The quantitative estimate of drug-likeness (QED) is 0.903. The SMILES string of the molecule is CN(C)c1ncc(NS(=O)(=O)Cc2ccccc2)cn1.